The lowest BCUT2D eigenvalue weighted by Crippen LogP contribution is -2.36. The van der Waals surface area contributed by atoms with Crippen LogP contribution in [0.4, 0.5) is 5.13 Å². The zero-order chi connectivity index (χ0) is 13.7. The largest absolute Gasteiger partial charge is 0.345 e. The molecule has 2 rings (SSSR count). The summed E-state index contributed by atoms with van der Waals surface area (Å²) in [6.45, 7) is 9.61. The molecule has 1 heterocycles. The number of thiazole rings is 1. The van der Waals surface area contributed by atoms with Crippen LogP contribution in [0.25, 0.3) is 0 Å². The van der Waals surface area contributed by atoms with Gasteiger partial charge in [-0.3, -0.25) is 0 Å². The predicted molar refractivity (Wildman–Crippen MR) is 84.1 cm³/mol. The van der Waals surface area contributed by atoms with Crippen LogP contribution in [-0.2, 0) is 6.54 Å². The molecule has 1 saturated carbocycles. The fourth-order valence-electron chi connectivity index (χ4n) is 2.88. The molecule has 19 heavy (non-hydrogen) atoms. The number of aryl methyl sites for hydroxylation is 1. The van der Waals surface area contributed by atoms with E-state index in [4.69, 9.17) is 4.98 Å². The molecule has 3 nitrogen and oxygen atoms in total. The van der Waals surface area contributed by atoms with Crippen LogP contribution in [0, 0.1) is 6.92 Å². The van der Waals surface area contributed by atoms with Crippen LogP contribution in [-0.4, -0.2) is 24.1 Å². The van der Waals surface area contributed by atoms with Gasteiger partial charge >= 0.3 is 0 Å². The Morgan fingerprint density at radius 3 is 2.63 bits per heavy atom. The van der Waals surface area contributed by atoms with Crippen molar-refractivity contribution >= 4 is 16.5 Å². The monoisotopic (exact) mass is 281 g/mol. The molecule has 1 aliphatic carbocycles. The van der Waals surface area contributed by atoms with Crippen molar-refractivity contribution in [1.82, 2.24) is 10.3 Å². The van der Waals surface area contributed by atoms with Crippen molar-refractivity contribution in [3.8, 4) is 0 Å². The maximum atomic E-state index is 4.81. The van der Waals surface area contributed by atoms with Crippen molar-refractivity contribution < 1.29 is 0 Å². The van der Waals surface area contributed by atoms with Gasteiger partial charge in [0, 0.05) is 24.0 Å². The molecule has 0 aliphatic heterocycles. The Morgan fingerprint density at radius 1 is 1.26 bits per heavy atom. The number of anilines is 1. The number of hydrogen-bond acceptors (Lipinski definition) is 4. The average Bonchev–Trinajstić information content (AvgIpc) is 2.79. The summed E-state index contributed by atoms with van der Waals surface area (Å²) in [4.78, 5) is 8.74. The molecule has 4 heteroatoms. The molecule has 1 aliphatic rings. The van der Waals surface area contributed by atoms with Crippen LogP contribution in [0.3, 0.4) is 0 Å². The van der Waals surface area contributed by atoms with Crippen LogP contribution in [0.2, 0.25) is 0 Å². The maximum Gasteiger partial charge on any atom is 0.186 e. The van der Waals surface area contributed by atoms with Gasteiger partial charge in [-0.1, -0.05) is 26.2 Å². The summed E-state index contributed by atoms with van der Waals surface area (Å²) in [5, 5.41) is 4.64. The highest BCUT2D eigenvalue weighted by Gasteiger charge is 2.23. The number of nitrogens with one attached hydrogen (secondary N) is 1. The third-order valence-electron chi connectivity index (χ3n) is 4.02. The number of rotatable bonds is 6. The normalized spacial score (nSPS) is 16.8. The van der Waals surface area contributed by atoms with Crippen molar-refractivity contribution in [2.75, 3.05) is 18.0 Å². The smallest absolute Gasteiger partial charge is 0.186 e. The van der Waals surface area contributed by atoms with E-state index in [1.54, 1.807) is 0 Å². The van der Waals surface area contributed by atoms with Gasteiger partial charge in [0.2, 0.25) is 0 Å². The third kappa shape index (κ3) is 3.69. The van der Waals surface area contributed by atoms with Gasteiger partial charge in [-0.05, 0) is 33.2 Å². The topological polar surface area (TPSA) is 28.2 Å². The molecule has 0 amide bonds. The quantitative estimate of drug-likeness (QED) is 0.861. The molecule has 1 N–H and O–H groups in total. The summed E-state index contributed by atoms with van der Waals surface area (Å²) < 4.78 is 0. The molecule has 1 fully saturated rings. The summed E-state index contributed by atoms with van der Waals surface area (Å²) in [7, 11) is 0. The molecular formula is C15H27N3S. The van der Waals surface area contributed by atoms with E-state index >= 15 is 0 Å². The van der Waals surface area contributed by atoms with E-state index in [9.17, 15) is 0 Å². The lowest BCUT2D eigenvalue weighted by molar-refractivity contribution is 0.418. The van der Waals surface area contributed by atoms with E-state index in [-0.39, 0.29) is 0 Å². The SMILES string of the molecule is CCNCc1sc(N(CC)C2CCCCC2)nc1C. The molecule has 0 aromatic carbocycles. The first-order valence-corrected chi connectivity index (χ1v) is 8.51. The minimum Gasteiger partial charge on any atom is -0.345 e. The molecule has 0 bridgehead atoms. The Balaban J connectivity index is 2.09. The van der Waals surface area contributed by atoms with Gasteiger partial charge in [0.25, 0.3) is 0 Å². The second kappa shape index (κ2) is 7.25. The van der Waals surface area contributed by atoms with Gasteiger partial charge in [-0.25, -0.2) is 4.98 Å². The average molecular weight is 281 g/mol. The zero-order valence-electron chi connectivity index (χ0n) is 12.5. The summed E-state index contributed by atoms with van der Waals surface area (Å²) in [6.07, 6.45) is 6.87. The lowest BCUT2D eigenvalue weighted by Gasteiger charge is -2.33. The minimum absolute atomic E-state index is 0.719. The first-order valence-electron chi connectivity index (χ1n) is 7.69. The van der Waals surface area contributed by atoms with Crippen LogP contribution in [0.5, 0.6) is 0 Å². The molecule has 0 radical (unpaired) electrons. The van der Waals surface area contributed by atoms with Crippen LogP contribution < -0.4 is 10.2 Å². The minimum atomic E-state index is 0.719. The lowest BCUT2D eigenvalue weighted by atomic mass is 9.94. The Kier molecular flexibility index (Phi) is 5.64. The number of aromatic nitrogens is 1. The predicted octanol–water partition coefficient (Wildman–Crippen LogP) is 3.72. The van der Waals surface area contributed by atoms with Crippen molar-refractivity contribution in [2.24, 2.45) is 0 Å². The highest BCUT2D eigenvalue weighted by molar-refractivity contribution is 7.15. The van der Waals surface area contributed by atoms with Crippen LogP contribution in [0.15, 0.2) is 0 Å². The van der Waals surface area contributed by atoms with E-state index in [2.05, 4.69) is 31.0 Å². The van der Waals surface area contributed by atoms with Crippen molar-refractivity contribution in [2.45, 2.75) is 65.5 Å². The molecule has 0 unspecified atom stereocenters. The van der Waals surface area contributed by atoms with E-state index in [0.717, 1.165) is 25.7 Å². The van der Waals surface area contributed by atoms with E-state index < -0.39 is 0 Å². The second-order valence-electron chi connectivity index (χ2n) is 5.36. The number of nitrogens with zero attached hydrogens (tertiary/aromatic N) is 2. The molecule has 0 atom stereocenters. The van der Waals surface area contributed by atoms with E-state index in [0.29, 0.717) is 0 Å². The highest BCUT2D eigenvalue weighted by atomic mass is 32.1. The first-order chi connectivity index (χ1) is 9.26. The van der Waals surface area contributed by atoms with Gasteiger partial charge in [0.05, 0.1) is 5.69 Å². The first kappa shape index (κ1) is 14.8. The standard InChI is InChI=1S/C15H27N3S/c1-4-16-11-14-12(3)17-15(19-14)18(5-2)13-9-7-6-8-10-13/h13,16H,4-11H2,1-3H3. The van der Waals surface area contributed by atoms with Crippen molar-refractivity contribution in [1.29, 1.82) is 0 Å². The van der Waals surface area contributed by atoms with Gasteiger partial charge in [0.15, 0.2) is 5.13 Å². The Labute approximate surface area is 121 Å². The van der Waals surface area contributed by atoms with E-state index in [1.165, 1.54) is 47.8 Å². The van der Waals surface area contributed by atoms with Crippen molar-refractivity contribution in [3.05, 3.63) is 10.6 Å². The maximum absolute atomic E-state index is 4.81. The van der Waals surface area contributed by atoms with Gasteiger partial charge in [0.1, 0.15) is 0 Å². The molecule has 0 spiro atoms. The fraction of sp³-hybridized carbons (Fsp3) is 0.800. The van der Waals surface area contributed by atoms with Crippen LogP contribution in [0.1, 0.15) is 56.5 Å². The van der Waals surface area contributed by atoms with Gasteiger partial charge < -0.3 is 10.2 Å². The highest BCUT2D eigenvalue weighted by Crippen LogP contribution is 2.31. The molecule has 1 aromatic rings. The molecule has 108 valence electrons. The number of hydrogen-bond donors (Lipinski definition) is 1. The molecule has 1 aromatic heterocycles. The van der Waals surface area contributed by atoms with Crippen molar-refractivity contribution in [3.63, 3.8) is 0 Å². The van der Waals surface area contributed by atoms with Gasteiger partial charge in [-0.15, -0.1) is 11.3 Å². The fourth-order valence-corrected chi connectivity index (χ4v) is 4.05. The van der Waals surface area contributed by atoms with Gasteiger partial charge in [-0.2, -0.15) is 0 Å². The second-order valence-corrected chi connectivity index (χ2v) is 6.43. The van der Waals surface area contributed by atoms with Crippen LogP contribution >= 0.6 is 11.3 Å². The zero-order valence-corrected chi connectivity index (χ0v) is 13.4. The molecule has 0 saturated heterocycles. The Bertz CT molecular complexity index is 383. The van der Waals surface area contributed by atoms with E-state index in [1.807, 2.05) is 11.3 Å². The Hall–Kier alpha value is -0.610. The molecular weight excluding hydrogens is 254 g/mol. The Morgan fingerprint density at radius 2 is 2.00 bits per heavy atom. The summed E-state index contributed by atoms with van der Waals surface area (Å²) >= 11 is 1.88. The summed E-state index contributed by atoms with van der Waals surface area (Å²) in [5.74, 6) is 0. The summed E-state index contributed by atoms with van der Waals surface area (Å²) in [5.41, 5.74) is 1.20. The summed E-state index contributed by atoms with van der Waals surface area (Å²) in [6, 6.07) is 0.719. The third-order valence-corrected chi connectivity index (χ3v) is 5.21.